The molecule has 0 saturated carbocycles. The van der Waals surface area contributed by atoms with E-state index in [9.17, 15) is 10.1 Å². The molecular weight excluding hydrogens is 299 g/mol. The number of piperidine rings is 1. The summed E-state index contributed by atoms with van der Waals surface area (Å²) in [5.41, 5.74) is -0.276. The number of halogens is 2. The SMILES string of the molecule is CC1(C#N)CCCN(CC(=O)N2CCNCC2)C1.Cl.Cl. The third-order valence-electron chi connectivity index (χ3n) is 3.87. The van der Waals surface area contributed by atoms with Crippen molar-refractivity contribution in [3.8, 4) is 6.07 Å². The van der Waals surface area contributed by atoms with E-state index in [0.717, 1.165) is 52.1 Å². The minimum Gasteiger partial charge on any atom is -0.339 e. The van der Waals surface area contributed by atoms with Gasteiger partial charge in [-0.3, -0.25) is 9.69 Å². The van der Waals surface area contributed by atoms with E-state index < -0.39 is 0 Å². The summed E-state index contributed by atoms with van der Waals surface area (Å²) in [5.74, 6) is 0.207. The van der Waals surface area contributed by atoms with Gasteiger partial charge < -0.3 is 10.2 Å². The summed E-state index contributed by atoms with van der Waals surface area (Å²) in [6.07, 6.45) is 1.96. The van der Waals surface area contributed by atoms with Crippen molar-refractivity contribution in [1.82, 2.24) is 15.1 Å². The molecule has 116 valence electrons. The third kappa shape index (κ3) is 5.10. The van der Waals surface area contributed by atoms with Crippen molar-refractivity contribution in [2.75, 3.05) is 45.8 Å². The number of piperazine rings is 1. The first-order valence-electron chi connectivity index (χ1n) is 6.75. The Morgan fingerprint density at radius 2 is 1.95 bits per heavy atom. The third-order valence-corrected chi connectivity index (χ3v) is 3.87. The second-order valence-corrected chi connectivity index (χ2v) is 5.62. The Bertz CT molecular complexity index is 355. The van der Waals surface area contributed by atoms with Gasteiger partial charge in [0.05, 0.1) is 18.0 Å². The summed E-state index contributed by atoms with van der Waals surface area (Å²) in [6.45, 7) is 7.52. The number of nitrogens with one attached hydrogen (secondary N) is 1. The van der Waals surface area contributed by atoms with Gasteiger partial charge in [-0.25, -0.2) is 0 Å². The molecule has 2 aliphatic rings. The average molecular weight is 323 g/mol. The average Bonchev–Trinajstić information content (AvgIpc) is 2.40. The molecule has 0 radical (unpaired) electrons. The molecular formula is C13H24Cl2N4O. The van der Waals surface area contributed by atoms with Crippen LogP contribution in [0.5, 0.6) is 0 Å². The zero-order valence-corrected chi connectivity index (χ0v) is 13.6. The first-order chi connectivity index (χ1) is 8.63. The Morgan fingerprint density at radius 3 is 2.55 bits per heavy atom. The molecule has 0 aromatic carbocycles. The van der Waals surface area contributed by atoms with E-state index in [-0.39, 0.29) is 36.1 Å². The number of nitriles is 1. The Morgan fingerprint density at radius 1 is 1.30 bits per heavy atom. The largest absolute Gasteiger partial charge is 0.339 e. The van der Waals surface area contributed by atoms with Gasteiger partial charge >= 0.3 is 0 Å². The highest BCUT2D eigenvalue weighted by molar-refractivity contribution is 5.85. The summed E-state index contributed by atoms with van der Waals surface area (Å²) in [7, 11) is 0. The molecule has 0 aromatic heterocycles. The van der Waals surface area contributed by atoms with Gasteiger partial charge in [0.15, 0.2) is 0 Å². The summed E-state index contributed by atoms with van der Waals surface area (Å²) >= 11 is 0. The topological polar surface area (TPSA) is 59.4 Å². The van der Waals surface area contributed by atoms with E-state index in [1.807, 2.05) is 11.8 Å². The Kier molecular flexibility index (Phi) is 8.45. The van der Waals surface area contributed by atoms with Crippen molar-refractivity contribution >= 4 is 30.7 Å². The van der Waals surface area contributed by atoms with Crippen molar-refractivity contribution in [1.29, 1.82) is 5.26 Å². The van der Waals surface area contributed by atoms with Gasteiger partial charge in [0.25, 0.3) is 0 Å². The minimum absolute atomic E-state index is 0. The fourth-order valence-corrected chi connectivity index (χ4v) is 2.78. The first kappa shape index (κ1) is 19.5. The smallest absolute Gasteiger partial charge is 0.236 e. The molecule has 2 heterocycles. The standard InChI is InChI=1S/C13H22N4O.2ClH/c1-13(10-14)3-2-6-16(11-13)9-12(18)17-7-4-15-5-8-17;;/h15H,2-9,11H2,1H3;2*1H. The highest BCUT2D eigenvalue weighted by Crippen LogP contribution is 2.28. The second-order valence-electron chi connectivity index (χ2n) is 5.62. The maximum Gasteiger partial charge on any atom is 0.236 e. The van der Waals surface area contributed by atoms with E-state index in [0.29, 0.717) is 6.54 Å². The van der Waals surface area contributed by atoms with Crippen LogP contribution in [0.2, 0.25) is 0 Å². The number of nitrogens with zero attached hydrogens (tertiary/aromatic N) is 3. The van der Waals surface area contributed by atoms with Crippen LogP contribution in [-0.2, 0) is 4.79 Å². The Labute approximate surface area is 133 Å². The van der Waals surface area contributed by atoms with E-state index >= 15 is 0 Å². The van der Waals surface area contributed by atoms with Gasteiger partial charge in [0.1, 0.15) is 0 Å². The fraction of sp³-hybridized carbons (Fsp3) is 0.846. The van der Waals surface area contributed by atoms with Crippen LogP contribution in [0.15, 0.2) is 0 Å². The maximum atomic E-state index is 12.1. The van der Waals surface area contributed by atoms with Crippen LogP contribution in [0.3, 0.4) is 0 Å². The molecule has 2 aliphatic heterocycles. The zero-order chi connectivity index (χ0) is 13.0. The van der Waals surface area contributed by atoms with Crippen LogP contribution in [0.25, 0.3) is 0 Å². The normalized spacial score (nSPS) is 26.9. The molecule has 5 nitrogen and oxygen atoms in total. The molecule has 1 atom stereocenters. The number of hydrogen-bond acceptors (Lipinski definition) is 4. The van der Waals surface area contributed by atoms with Crippen LogP contribution in [0, 0.1) is 16.7 Å². The number of carbonyl (C=O) groups is 1. The molecule has 0 spiro atoms. The first-order valence-corrected chi connectivity index (χ1v) is 6.75. The summed E-state index contributed by atoms with van der Waals surface area (Å²) in [5, 5.41) is 12.4. The molecule has 2 saturated heterocycles. The lowest BCUT2D eigenvalue weighted by atomic mass is 9.83. The quantitative estimate of drug-likeness (QED) is 0.820. The van der Waals surface area contributed by atoms with E-state index in [2.05, 4.69) is 16.3 Å². The molecule has 0 aliphatic carbocycles. The van der Waals surface area contributed by atoms with E-state index in [4.69, 9.17) is 0 Å². The molecule has 1 unspecified atom stereocenters. The minimum atomic E-state index is -0.276. The Balaban J connectivity index is 0.00000180. The highest BCUT2D eigenvalue weighted by Gasteiger charge is 2.32. The number of amides is 1. The second kappa shape index (κ2) is 8.68. The van der Waals surface area contributed by atoms with E-state index in [1.165, 1.54) is 0 Å². The molecule has 2 rings (SSSR count). The van der Waals surface area contributed by atoms with Crippen molar-refractivity contribution in [3.05, 3.63) is 0 Å². The predicted molar refractivity (Wildman–Crippen MR) is 83.3 cm³/mol. The highest BCUT2D eigenvalue weighted by atomic mass is 35.5. The van der Waals surface area contributed by atoms with Gasteiger partial charge in [-0.1, -0.05) is 0 Å². The lowest BCUT2D eigenvalue weighted by Crippen LogP contribution is -2.51. The number of hydrogen-bond donors (Lipinski definition) is 1. The number of likely N-dealkylation sites (tertiary alicyclic amines) is 1. The number of rotatable bonds is 2. The van der Waals surface area contributed by atoms with Crippen molar-refractivity contribution < 1.29 is 4.79 Å². The molecule has 20 heavy (non-hydrogen) atoms. The van der Waals surface area contributed by atoms with Gasteiger partial charge in [0, 0.05) is 32.7 Å². The maximum absolute atomic E-state index is 12.1. The van der Waals surface area contributed by atoms with Crippen molar-refractivity contribution in [3.63, 3.8) is 0 Å². The molecule has 0 bridgehead atoms. The lowest BCUT2D eigenvalue weighted by molar-refractivity contribution is -0.133. The lowest BCUT2D eigenvalue weighted by Gasteiger charge is -2.37. The molecule has 1 amide bonds. The van der Waals surface area contributed by atoms with Gasteiger partial charge in [-0.15, -0.1) is 24.8 Å². The monoisotopic (exact) mass is 322 g/mol. The Hall–Kier alpha value is -0.540. The molecule has 1 N–H and O–H groups in total. The van der Waals surface area contributed by atoms with Crippen LogP contribution in [0.1, 0.15) is 19.8 Å². The van der Waals surface area contributed by atoms with Crippen LogP contribution >= 0.6 is 24.8 Å². The fourth-order valence-electron chi connectivity index (χ4n) is 2.78. The van der Waals surface area contributed by atoms with Gasteiger partial charge in [-0.05, 0) is 26.3 Å². The number of carbonyl (C=O) groups excluding carboxylic acids is 1. The molecule has 7 heteroatoms. The van der Waals surface area contributed by atoms with Crippen molar-refractivity contribution in [2.24, 2.45) is 5.41 Å². The van der Waals surface area contributed by atoms with Gasteiger partial charge in [-0.2, -0.15) is 5.26 Å². The van der Waals surface area contributed by atoms with Crippen LogP contribution in [0.4, 0.5) is 0 Å². The summed E-state index contributed by atoms with van der Waals surface area (Å²) < 4.78 is 0. The molecule has 2 fully saturated rings. The summed E-state index contributed by atoms with van der Waals surface area (Å²) in [6, 6.07) is 2.39. The predicted octanol–water partition coefficient (Wildman–Crippen LogP) is 0.887. The van der Waals surface area contributed by atoms with Crippen LogP contribution < -0.4 is 5.32 Å². The molecule has 0 aromatic rings. The van der Waals surface area contributed by atoms with E-state index in [1.54, 1.807) is 0 Å². The zero-order valence-electron chi connectivity index (χ0n) is 11.9. The van der Waals surface area contributed by atoms with Crippen LogP contribution in [-0.4, -0.2) is 61.5 Å². The van der Waals surface area contributed by atoms with Gasteiger partial charge in [0.2, 0.25) is 5.91 Å². The summed E-state index contributed by atoms with van der Waals surface area (Å²) in [4.78, 5) is 16.2. The van der Waals surface area contributed by atoms with Crippen molar-refractivity contribution in [2.45, 2.75) is 19.8 Å².